The topological polar surface area (TPSA) is 54.0 Å². The average Bonchev–Trinajstić information content (AvgIpc) is 2.49. The molecular formula is C15H15F2N3O. The van der Waals surface area contributed by atoms with Crippen molar-refractivity contribution >= 4 is 17.3 Å². The molecule has 4 nitrogen and oxygen atoms in total. The summed E-state index contributed by atoms with van der Waals surface area (Å²) in [6.07, 6.45) is 3.77. The molecule has 2 rings (SSSR count). The van der Waals surface area contributed by atoms with Crippen molar-refractivity contribution in [3.05, 3.63) is 53.9 Å². The van der Waals surface area contributed by atoms with E-state index in [0.717, 1.165) is 18.6 Å². The van der Waals surface area contributed by atoms with Gasteiger partial charge in [-0.15, -0.1) is 0 Å². The number of amides is 1. The van der Waals surface area contributed by atoms with Gasteiger partial charge in [-0.05, 0) is 24.6 Å². The zero-order valence-corrected chi connectivity index (χ0v) is 11.5. The third kappa shape index (κ3) is 3.53. The van der Waals surface area contributed by atoms with E-state index in [-0.39, 0.29) is 5.56 Å². The molecule has 0 unspecified atom stereocenters. The number of nitrogens with one attached hydrogen (secondary N) is 2. The van der Waals surface area contributed by atoms with Crippen LogP contribution in [0.25, 0.3) is 0 Å². The number of carbonyl (C=O) groups excluding carboxylic acids is 1. The quantitative estimate of drug-likeness (QED) is 0.887. The van der Waals surface area contributed by atoms with Crippen LogP contribution in [-0.2, 0) is 0 Å². The minimum atomic E-state index is -0.824. The van der Waals surface area contributed by atoms with Gasteiger partial charge in [0.15, 0.2) is 0 Å². The molecule has 0 saturated carbocycles. The summed E-state index contributed by atoms with van der Waals surface area (Å²) in [4.78, 5) is 16.1. The summed E-state index contributed by atoms with van der Waals surface area (Å²) < 4.78 is 27.1. The number of carbonyl (C=O) groups is 1. The number of aromatic nitrogens is 1. The molecule has 0 fully saturated rings. The highest BCUT2D eigenvalue weighted by Gasteiger charge is 2.16. The molecule has 0 spiro atoms. The van der Waals surface area contributed by atoms with Crippen molar-refractivity contribution in [1.82, 2.24) is 4.98 Å². The molecule has 6 heteroatoms. The summed E-state index contributed by atoms with van der Waals surface area (Å²) in [5.74, 6) is -2.27. The Morgan fingerprint density at radius 1 is 1.24 bits per heavy atom. The van der Waals surface area contributed by atoms with Crippen molar-refractivity contribution in [1.29, 1.82) is 0 Å². The van der Waals surface area contributed by atoms with E-state index in [1.54, 1.807) is 12.3 Å². The molecule has 1 aromatic carbocycles. The highest BCUT2D eigenvalue weighted by Crippen LogP contribution is 2.21. The minimum Gasteiger partial charge on any atom is -0.384 e. The molecule has 0 aliphatic heterocycles. The standard InChI is InChI=1S/C15H15F2N3O/c1-2-7-19-13-6-8-18-9-10(13)15(21)20-14-11(16)4-3-5-12(14)17/h3-6,8-9H,2,7H2,1H3,(H,18,19)(H,20,21). The van der Waals surface area contributed by atoms with Gasteiger partial charge in [0.2, 0.25) is 0 Å². The number of hydrogen-bond acceptors (Lipinski definition) is 3. The third-order valence-corrected chi connectivity index (χ3v) is 2.83. The van der Waals surface area contributed by atoms with Gasteiger partial charge in [0, 0.05) is 18.9 Å². The normalized spacial score (nSPS) is 10.2. The molecule has 1 aromatic heterocycles. The van der Waals surface area contributed by atoms with Crippen molar-refractivity contribution in [2.75, 3.05) is 17.2 Å². The first-order valence-electron chi connectivity index (χ1n) is 6.56. The summed E-state index contributed by atoms with van der Waals surface area (Å²) in [5, 5.41) is 5.31. The van der Waals surface area contributed by atoms with Gasteiger partial charge in [-0.2, -0.15) is 0 Å². The SMILES string of the molecule is CCCNc1ccncc1C(=O)Nc1c(F)cccc1F. The van der Waals surface area contributed by atoms with Crippen LogP contribution in [0.3, 0.4) is 0 Å². The Kier molecular flexibility index (Phi) is 4.81. The number of hydrogen-bond donors (Lipinski definition) is 2. The van der Waals surface area contributed by atoms with Gasteiger partial charge in [0.05, 0.1) is 11.3 Å². The van der Waals surface area contributed by atoms with E-state index >= 15 is 0 Å². The van der Waals surface area contributed by atoms with E-state index in [1.165, 1.54) is 12.3 Å². The Morgan fingerprint density at radius 3 is 2.62 bits per heavy atom. The second-order valence-electron chi connectivity index (χ2n) is 4.40. The monoisotopic (exact) mass is 291 g/mol. The van der Waals surface area contributed by atoms with Crippen LogP contribution < -0.4 is 10.6 Å². The largest absolute Gasteiger partial charge is 0.384 e. The molecule has 2 aromatic rings. The van der Waals surface area contributed by atoms with E-state index < -0.39 is 23.2 Å². The van der Waals surface area contributed by atoms with Crippen molar-refractivity contribution < 1.29 is 13.6 Å². The highest BCUT2D eigenvalue weighted by molar-refractivity contribution is 6.07. The summed E-state index contributed by atoms with van der Waals surface area (Å²) in [6.45, 7) is 2.67. The lowest BCUT2D eigenvalue weighted by Crippen LogP contribution is -2.17. The lowest BCUT2D eigenvalue weighted by molar-refractivity contribution is 0.102. The van der Waals surface area contributed by atoms with E-state index in [4.69, 9.17) is 0 Å². The molecule has 1 heterocycles. The van der Waals surface area contributed by atoms with Crippen molar-refractivity contribution in [2.24, 2.45) is 0 Å². The second-order valence-corrected chi connectivity index (χ2v) is 4.40. The van der Waals surface area contributed by atoms with Crippen LogP contribution in [0.2, 0.25) is 0 Å². The summed E-state index contributed by atoms with van der Waals surface area (Å²) in [7, 11) is 0. The van der Waals surface area contributed by atoms with Gasteiger partial charge in [0.1, 0.15) is 17.3 Å². The molecule has 0 saturated heterocycles. The fourth-order valence-electron chi connectivity index (χ4n) is 1.79. The van der Waals surface area contributed by atoms with Gasteiger partial charge < -0.3 is 10.6 Å². The molecule has 2 N–H and O–H groups in total. The zero-order chi connectivity index (χ0) is 15.2. The molecule has 21 heavy (non-hydrogen) atoms. The van der Waals surface area contributed by atoms with Crippen molar-refractivity contribution in [2.45, 2.75) is 13.3 Å². The maximum absolute atomic E-state index is 13.5. The van der Waals surface area contributed by atoms with Crippen LogP contribution >= 0.6 is 0 Å². The van der Waals surface area contributed by atoms with Crippen molar-refractivity contribution in [3.8, 4) is 0 Å². The number of para-hydroxylation sites is 1. The Balaban J connectivity index is 2.25. The molecule has 0 aliphatic carbocycles. The second kappa shape index (κ2) is 6.78. The van der Waals surface area contributed by atoms with Crippen LogP contribution in [-0.4, -0.2) is 17.4 Å². The number of rotatable bonds is 5. The smallest absolute Gasteiger partial charge is 0.259 e. The fourth-order valence-corrected chi connectivity index (χ4v) is 1.79. The predicted octanol–water partition coefficient (Wildman–Crippen LogP) is 3.43. The summed E-state index contributed by atoms with van der Waals surface area (Å²) in [6, 6.07) is 5.04. The first-order valence-corrected chi connectivity index (χ1v) is 6.56. The summed E-state index contributed by atoms with van der Waals surface area (Å²) >= 11 is 0. The van der Waals surface area contributed by atoms with Crippen LogP contribution in [0.15, 0.2) is 36.7 Å². The number of anilines is 2. The predicted molar refractivity (Wildman–Crippen MR) is 77.3 cm³/mol. The highest BCUT2D eigenvalue weighted by atomic mass is 19.1. The number of pyridine rings is 1. The summed E-state index contributed by atoms with van der Waals surface area (Å²) in [5.41, 5.74) is 0.336. The molecular weight excluding hydrogens is 276 g/mol. The van der Waals surface area contributed by atoms with Crippen LogP contribution in [0, 0.1) is 11.6 Å². The van der Waals surface area contributed by atoms with Gasteiger partial charge in [-0.1, -0.05) is 13.0 Å². The molecule has 0 bridgehead atoms. The van der Waals surface area contributed by atoms with E-state index in [1.807, 2.05) is 6.92 Å². The lowest BCUT2D eigenvalue weighted by Gasteiger charge is -2.12. The molecule has 0 radical (unpaired) electrons. The van der Waals surface area contributed by atoms with Crippen LogP contribution in [0.5, 0.6) is 0 Å². The van der Waals surface area contributed by atoms with E-state index in [9.17, 15) is 13.6 Å². The Hall–Kier alpha value is -2.50. The van der Waals surface area contributed by atoms with Crippen LogP contribution in [0.1, 0.15) is 23.7 Å². The first-order chi connectivity index (χ1) is 10.1. The van der Waals surface area contributed by atoms with E-state index in [0.29, 0.717) is 12.2 Å². The van der Waals surface area contributed by atoms with Crippen LogP contribution in [0.4, 0.5) is 20.2 Å². The maximum atomic E-state index is 13.5. The zero-order valence-electron chi connectivity index (χ0n) is 11.5. The minimum absolute atomic E-state index is 0.230. The Labute approximate surface area is 121 Å². The Morgan fingerprint density at radius 2 is 1.95 bits per heavy atom. The first kappa shape index (κ1) is 14.9. The van der Waals surface area contributed by atoms with Gasteiger partial charge >= 0.3 is 0 Å². The Bertz CT molecular complexity index is 626. The van der Waals surface area contributed by atoms with Crippen molar-refractivity contribution in [3.63, 3.8) is 0 Å². The molecule has 0 atom stereocenters. The average molecular weight is 291 g/mol. The van der Waals surface area contributed by atoms with Gasteiger partial charge in [0.25, 0.3) is 5.91 Å². The molecule has 1 amide bonds. The number of benzene rings is 1. The number of halogens is 2. The fraction of sp³-hybridized carbons (Fsp3) is 0.200. The van der Waals surface area contributed by atoms with E-state index in [2.05, 4.69) is 15.6 Å². The third-order valence-electron chi connectivity index (χ3n) is 2.83. The lowest BCUT2D eigenvalue weighted by atomic mass is 10.2. The maximum Gasteiger partial charge on any atom is 0.259 e. The number of nitrogens with zero attached hydrogens (tertiary/aromatic N) is 1. The van der Waals surface area contributed by atoms with Gasteiger partial charge in [-0.25, -0.2) is 8.78 Å². The molecule has 110 valence electrons. The molecule has 0 aliphatic rings. The van der Waals surface area contributed by atoms with Gasteiger partial charge in [-0.3, -0.25) is 9.78 Å².